The second kappa shape index (κ2) is 11.4. The molecule has 2 aromatic carbocycles. The predicted molar refractivity (Wildman–Crippen MR) is 129 cm³/mol. The van der Waals surface area contributed by atoms with E-state index in [1.807, 2.05) is 6.07 Å². The number of aryl methyl sites for hydroxylation is 1. The van der Waals surface area contributed by atoms with Gasteiger partial charge in [-0.25, -0.2) is 8.42 Å². The van der Waals surface area contributed by atoms with Crippen LogP contribution in [0.5, 0.6) is 0 Å². The first-order valence-electron chi connectivity index (χ1n) is 11.6. The van der Waals surface area contributed by atoms with Crippen LogP contribution in [0.4, 0.5) is 5.69 Å². The fraction of sp³-hybridized carbons (Fsp3) is 0.440. The molecule has 0 aliphatic carbocycles. The Morgan fingerprint density at radius 2 is 1.70 bits per heavy atom. The number of carbonyl (C=O) groups is 2. The number of fused-ring (bicyclic) bond motifs is 1. The maximum Gasteiger partial charge on any atom is 0.245 e. The number of amides is 2. The quantitative estimate of drug-likeness (QED) is 0.517. The Labute approximate surface area is 196 Å². The molecule has 0 saturated carbocycles. The van der Waals surface area contributed by atoms with Crippen LogP contribution < -0.4 is 10.0 Å². The maximum atomic E-state index is 13.6. The van der Waals surface area contributed by atoms with Crippen molar-refractivity contribution in [2.24, 2.45) is 0 Å². The van der Waals surface area contributed by atoms with Crippen LogP contribution in [0.2, 0.25) is 0 Å². The highest BCUT2D eigenvalue weighted by atomic mass is 32.2. The van der Waals surface area contributed by atoms with Gasteiger partial charge in [0.1, 0.15) is 6.04 Å². The zero-order valence-corrected chi connectivity index (χ0v) is 20.2. The Morgan fingerprint density at radius 1 is 1.03 bits per heavy atom. The molecule has 1 aliphatic rings. The van der Waals surface area contributed by atoms with Gasteiger partial charge in [-0.05, 0) is 48.6 Å². The second-order valence-corrected chi connectivity index (χ2v) is 10.1. The molecule has 2 N–H and O–H groups in total. The van der Waals surface area contributed by atoms with E-state index >= 15 is 0 Å². The van der Waals surface area contributed by atoms with Crippen LogP contribution in [0.25, 0.3) is 0 Å². The highest BCUT2D eigenvalue weighted by molar-refractivity contribution is 7.89. The predicted octanol–water partition coefficient (Wildman–Crippen LogP) is 4.02. The summed E-state index contributed by atoms with van der Waals surface area (Å²) < 4.78 is 29.4. The molecule has 7 nitrogen and oxygen atoms in total. The summed E-state index contributed by atoms with van der Waals surface area (Å²) in [5.74, 6) is -0.317. The highest BCUT2D eigenvalue weighted by Gasteiger charge is 2.31. The van der Waals surface area contributed by atoms with Crippen molar-refractivity contribution in [1.82, 2.24) is 9.62 Å². The van der Waals surface area contributed by atoms with Crippen molar-refractivity contribution in [1.29, 1.82) is 0 Å². The van der Waals surface area contributed by atoms with E-state index in [0.717, 1.165) is 31.2 Å². The number of hydrogen-bond acceptors (Lipinski definition) is 4. The van der Waals surface area contributed by atoms with Gasteiger partial charge < -0.3 is 10.2 Å². The van der Waals surface area contributed by atoms with E-state index in [2.05, 4.69) is 23.9 Å². The summed E-state index contributed by atoms with van der Waals surface area (Å²) in [6.45, 7) is 5.33. The Hall–Kier alpha value is -2.71. The van der Waals surface area contributed by atoms with Gasteiger partial charge in [-0.3, -0.25) is 9.59 Å². The van der Waals surface area contributed by atoms with E-state index in [1.165, 1.54) is 6.07 Å². The zero-order chi connectivity index (χ0) is 23.8. The SMILES string of the molecule is CCCCN(CCCC)C(=O)C(NS(=O)(=O)c1ccc2c(c1)CCC(=O)N2)c1ccccc1. The van der Waals surface area contributed by atoms with Gasteiger partial charge in [0.15, 0.2) is 0 Å². The van der Waals surface area contributed by atoms with Crippen molar-refractivity contribution in [3.05, 3.63) is 59.7 Å². The van der Waals surface area contributed by atoms with Crippen LogP contribution >= 0.6 is 0 Å². The number of nitrogens with one attached hydrogen (secondary N) is 2. The molecule has 0 saturated heterocycles. The topological polar surface area (TPSA) is 95.6 Å². The lowest BCUT2D eigenvalue weighted by atomic mass is 10.0. The lowest BCUT2D eigenvalue weighted by Crippen LogP contribution is -2.43. The smallest absolute Gasteiger partial charge is 0.245 e. The maximum absolute atomic E-state index is 13.6. The molecule has 2 amide bonds. The fourth-order valence-corrected chi connectivity index (χ4v) is 5.10. The lowest BCUT2D eigenvalue weighted by Gasteiger charge is -2.28. The summed E-state index contributed by atoms with van der Waals surface area (Å²) >= 11 is 0. The number of nitrogens with zero attached hydrogens (tertiary/aromatic N) is 1. The molecule has 3 rings (SSSR count). The van der Waals surface area contributed by atoms with E-state index in [0.29, 0.717) is 37.2 Å². The van der Waals surface area contributed by atoms with Crippen molar-refractivity contribution in [2.75, 3.05) is 18.4 Å². The minimum Gasteiger partial charge on any atom is -0.341 e. The summed E-state index contributed by atoms with van der Waals surface area (Å²) in [5, 5.41) is 2.76. The molecular weight excluding hydrogens is 438 g/mol. The standard InChI is InChI=1S/C25H33N3O4S/c1-3-5-16-28(17-6-4-2)25(30)24(19-10-8-7-9-11-19)27-33(31,32)21-13-14-22-20(18-21)12-15-23(29)26-22/h7-11,13-14,18,24,27H,3-6,12,15-17H2,1-2H3,(H,26,29). The third-order valence-corrected chi connectivity index (χ3v) is 7.23. The molecule has 33 heavy (non-hydrogen) atoms. The monoisotopic (exact) mass is 471 g/mol. The van der Waals surface area contributed by atoms with Gasteiger partial charge in [0.25, 0.3) is 0 Å². The number of hydrogen-bond donors (Lipinski definition) is 2. The van der Waals surface area contributed by atoms with Gasteiger partial charge in [-0.1, -0.05) is 57.0 Å². The molecular formula is C25H33N3O4S. The Bertz CT molecular complexity index is 1060. The van der Waals surface area contributed by atoms with Gasteiger partial charge >= 0.3 is 0 Å². The van der Waals surface area contributed by atoms with Crippen LogP contribution in [0, 0.1) is 0 Å². The molecule has 0 bridgehead atoms. The molecule has 8 heteroatoms. The van der Waals surface area contributed by atoms with E-state index < -0.39 is 16.1 Å². The van der Waals surface area contributed by atoms with E-state index in [4.69, 9.17) is 0 Å². The first-order chi connectivity index (χ1) is 15.9. The molecule has 0 spiro atoms. The summed E-state index contributed by atoms with van der Waals surface area (Å²) in [4.78, 5) is 27.1. The lowest BCUT2D eigenvalue weighted by molar-refractivity contribution is -0.133. The van der Waals surface area contributed by atoms with Crippen molar-refractivity contribution in [2.45, 2.75) is 63.3 Å². The van der Waals surface area contributed by atoms with E-state index in [-0.39, 0.29) is 16.7 Å². The van der Waals surface area contributed by atoms with Crippen LogP contribution in [0.15, 0.2) is 53.4 Å². The van der Waals surface area contributed by atoms with Crippen LogP contribution in [0.3, 0.4) is 0 Å². The van der Waals surface area contributed by atoms with Gasteiger partial charge in [0.05, 0.1) is 4.90 Å². The van der Waals surface area contributed by atoms with Crippen molar-refractivity contribution in [3.63, 3.8) is 0 Å². The number of benzene rings is 2. The van der Waals surface area contributed by atoms with Gasteiger partial charge in [-0.15, -0.1) is 0 Å². The summed E-state index contributed by atoms with van der Waals surface area (Å²) in [6.07, 6.45) is 4.42. The molecule has 2 aromatic rings. The van der Waals surface area contributed by atoms with E-state index in [9.17, 15) is 18.0 Å². The Morgan fingerprint density at radius 3 is 2.33 bits per heavy atom. The molecule has 0 fully saturated rings. The molecule has 1 atom stereocenters. The van der Waals surface area contributed by atoms with Crippen molar-refractivity contribution >= 4 is 27.5 Å². The average Bonchev–Trinajstić information content (AvgIpc) is 2.82. The third-order valence-electron chi connectivity index (χ3n) is 5.81. The van der Waals surface area contributed by atoms with Crippen molar-refractivity contribution < 1.29 is 18.0 Å². The van der Waals surface area contributed by atoms with Crippen LogP contribution in [-0.4, -0.2) is 38.2 Å². The molecule has 1 heterocycles. The van der Waals surface area contributed by atoms with Gasteiger partial charge in [0, 0.05) is 25.2 Å². The highest BCUT2D eigenvalue weighted by Crippen LogP contribution is 2.27. The molecule has 0 radical (unpaired) electrons. The third kappa shape index (κ3) is 6.42. The number of rotatable bonds is 11. The molecule has 0 aromatic heterocycles. The van der Waals surface area contributed by atoms with E-state index in [1.54, 1.807) is 41.3 Å². The first kappa shape index (κ1) is 24.9. The number of anilines is 1. The zero-order valence-electron chi connectivity index (χ0n) is 19.3. The minimum absolute atomic E-state index is 0.0785. The van der Waals surface area contributed by atoms with Gasteiger partial charge in [-0.2, -0.15) is 4.72 Å². The average molecular weight is 472 g/mol. The number of carbonyl (C=O) groups excluding carboxylic acids is 2. The summed E-state index contributed by atoms with van der Waals surface area (Å²) in [5.41, 5.74) is 2.01. The fourth-order valence-electron chi connectivity index (χ4n) is 3.87. The summed E-state index contributed by atoms with van der Waals surface area (Å²) in [6, 6.07) is 12.6. The minimum atomic E-state index is -3.98. The largest absolute Gasteiger partial charge is 0.341 e. The molecule has 1 unspecified atom stereocenters. The Balaban J connectivity index is 1.91. The molecule has 178 valence electrons. The second-order valence-electron chi connectivity index (χ2n) is 8.36. The summed E-state index contributed by atoms with van der Waals surface area (Å²) in [7, 11) is -3.98. The normalized spacial score (nSPS) is 14.3. The molecule has 1 aliphatic heterocycles. The Kier molecular flexibility index (Phi) is 8.63. The van der Waals surface area contributed by atoms with Crippen LogP contribution in [0.1, 0.15) is 63.1 Å². The number of sulfonamides is 1. The van der Waals surface area contributed by atoms with Crippen molar-refractivity contribution in [3.8, 4) is 0 Å². The number of unbranched alkanes of at least 4 members (excludes halogenated alkanes) is 2. The first-order valence-corrected chi connectivity index (χ1v) is 13.1. The van der Waals surface area contributed by atoms with Crippen LogP contribution in [-0.2, 0) is 26.0 Å². The van der Waals surface area contributed by atoms with Gasteiger partial charge in [0.2, 0.25) is 21.8 Å².